The Morgan fingerprint density at radius 3 is 1.45 bits per heavy atom. The maximum absolute atomic E-state index is 11.7. The molecule has 0 aromatic carbocycles. The summed E-state index contributed by atoms with van der Waals surface area (Å²) in [6.07, 6.45) is 21.3. The predicted molar refractivity (Wildman–Crippen MR) is 130 cm³/mol. The van der Waals surface area contributed by atoms with Crippen molar-refractivity contribution in [3.8, 4) is 0 Å². The van der Waals surface area contributed by atoms with Crippen LogP contribution in [0.25, 0.3) is 0 Å². The van der Waals surface area contributed by atoms with E-state index < -0.39 is 0 Å². The minimum Gasteiger partial charge on any atom is -0.466 e. The minimum absolute atomic E-state index is 0.135. The molecule has 0 aliphatic heterocycles. The zero-order valence-electron chi connectivity index (χ0n) is 21.1. The van der Waals surface area contributed by atoms with Gasteiger partial charge in [0.25, 0.3) is 0 Å². The molecule has 0 aliphatic rings. The van der Waals surface area contributed by atoms with Gasteiger partial charge >= 0.3 is 11.9 Å². The van der Waals surface area contributed by atoms with E-state index >= 15 is 0 Å². The number of ether oxygens (including phenoxy) is 2. The zero-order valence-corrected chi connectivity index (χ0v) is 21.1. The number of carbonyl (C=O) groups is 2. The van der Waals surface area contributed by atoms with E-state index in [9.17, 15) is 9.59 Å². The SMILES string of the molecule is CCCCCCCCCCCCCCCOC(=O)CCCCC(=O)OCCC(C)CC. The Balaban J connectivity index is 3.28. The molecule has 0 saturated heterocycles. The van der Waals surface area contributed by atoms with Gasteiger partial charge in [-0.15, -0.1) is 0 Å². The van der Waals surface area contributed by atoms with Crippen LogP contribution in [0.4, 0.5) is 0 Å². The molecular weight excluding hydrogens is 388 g/mol. The second kappa shape index (κ2) is 23.6. The fourth-order valence-corrected chi connectivity index (χ4v) is 3.57. The molecule has 0 saturated carbocycles. The van der Waals surface area contributed by atoms with Crippen molar-refractivity contribution >= 4 is 11.9 Å². The fourth-order valence-electron chi connectivity index (χ4n) is 3.57. The van der Waals surface area contributed by atoms with Crippen molar-refractivity contribution in [2.75, 3.05) is 13.2 Å². The van der Waals surface area contributed by atoms with Gasteiger partial charge in [0.05, 0.1) is 13.2 Å². The first-order valence-corrected chi connectivity index (χ1v) is 13.4. The highest BCUT2D eigenvalue weighted by molar-refractivity contribution is 5.70. The first kappa shape index (κ1) is 29.9. The number of carbonyl (C=O) groups excluding carboxylic acids is 2. The fraction of sp³-hybridized carbons (Fsp3) is 0.926. The van der Waals surface area contributed by atoms with Crippen LogP contribution in [0.2, 0.25) is 0 Å². The molecule has 0 aromatic heterocycles. The molecule has 0 N–H and O–H groups in total. The lowest BCUT2D eigenvalue weighted by atomic mass is 10.0. The molecule has 0 rings (SSSR count). The van der Waals surface area contributed by atoms with E-state index in [4.69, 9.17) is 9.47 Å². The summed E-state index contributed by atoms with van der Waals surface area (Å²) in [5, 5.41) is 0. The van der Waals surface area contributed by atoms with Gasteiger partial charge in [-0.05, 0) is 31.6 Å². The number of hydrogen-bond donors (Lipinski definition) is 0. The van der Waals surface area contributed by atoms with E-state index in [0.29, 0.717) is 44.8 Å². The highest BCUT2D eigenvalue weighted by Crippen LogP contribution is 2.13. The largest absolute Gasteiger partial charge is 0.466 e. The summed E-state index contributed by atoms with van der Waals surface area (Å²) in [7, 11) is 0. The van der Waals surface area contributed by atoms with Crippen LogP contribution in [0.1, 0.15) is 143 Å². The van der Waals surface area contributed by atoms with Crippen molar-refractivity contribution in [1.29, 1.82) is 0 Å². The van der Waals surface area contributed by atoms with Crippen molar-refractivity contribution < 1.29 is 19.1 Å². The molecule has 0 aromatic rings. The number of rotatable bonds is 23. The topological polar surface area (TPSA) is 52.6 Å². The molecule has 4 heteroatoms. The van der Waals surface area contributed by atoms with Crippen molar-refractivity contribution in [3.05, 3.63) is 0 Å². The smallest absolute Gasteiger partial charge is 0.305 e. The summed E-state index contributed by atoms with van der Waals surface area (Å²) < 4.78 is 10.5. The summed E-state index contributed by atoms with van der Waals surface area (Å²) in [6.45, 7) is 7.62. The van der Waals surface area contributed by atoms with Crippen LogP contribution in [0.5, 0.6) is 0 Å². The maximum Gasteiger partial charge on any atom is 0.305 e. The molecule has 0 heterocycles. The molecular formula is C27H52O4. The van der Waals surface area contributed by atoms with E-state index in [1.54, 1.807) is 0 Å². The number of hydrogen-bond acceptors (Lipinski definition) is 4. The molecule has 184 valence electrons. The molecule has 1 unspecified atom stereocenters. The van der Waals surface area contributed by atoms with Crippen LogP contribution in [0.3, 0.4) is 0 Å². The van der Waals surface area contributed by atoms with Crippen LogP contribution in [0, 0.1) is 5.92 Å². The van der Waals surface area contributed by atoms with Crippen molar-refractivity contribution in [3.63, 3.8) is 0 Å². The Kier molecular flexibility index (Phi) is 22.8. The average molecular weight is 441 g/mol. The minimum atomic E-state index is -0.149. The van der Waals surface area contributed by atoms with E-state index in [0.717, 1.165) is 25.7 Å². The molecule has 4 nitrogen and oxygen atoms in total. The van der Waals surface area contributed by atoms with Gasteiger partial charge in [-0.1, -0.05) is 104 Å². The molecule has 0 aliphatic carbocycles. The van der Waals surface area contributed by atoms with E-state index in [-0.39, 0.29) is 11.9 Å². The Labute approximate surface area is 193 Å². The predicted octanol–water partition coefficient (Wildman–Crippen LogP) is 8.16. The summed E-state index contributed by atoms with van der Waals surface area (Å²) in [4.78, 5) is 23.4. The summed E-state index contributed by atoms with van der Waals surface area (Å²) >= 11 is 0. The summed E-state index contributed by atoms with van der Waals surface area (Å²) in [5.41, 5.74) is 0. The van der Waals surface area contributed by atoms with Gasteiger partial charge < -0.3 is 9.47 Å². The molecule has 0 amide bonds. The second-order valence-corrected chi connectivity index (χ2v) is 9.19. The highest BCUT2D eigenvalue weighted by atomic mass is 16.5. The third kappa shape index (κ3) is 23.4. The molecule has 0 fully saturated rings. The molecule has 0 radical (unpaired) electrons. The normalized spacial score (nSPS) is 12.0. The first-order valence-electron chi connectivity index (χ1n) is 13.4. The highest BCUT2D eigenvalue weighted by Gasteiger charge is 2.07. The maximum atomic E-state index is 11.7. The summed E-state index contributed by atoms with van der Waals surface area (Å²) in [5.74, 6) is 0.310. The van der Waals surface area contributed by atoms with Gasteiger partial charge in [0, 0.05) is 12.8 Å². The van der Waals surface area contributed by atoms with Crippen LogP contribution in [-0.2, 0) is 19.1 Å². The third-order valence-corrected chi connectivity index (χ3v) is 6.09. The van der Waals surface area contributed by atoms with Gasteiger partial charge in [0.1, 0.15) is 0 Å². The first-order chi connectivity index (χ1) is 15.1. The Morgan fingerprint density at radius 1 is 0.581 bits per heavy atom. The zero-order chi connectivity index (χ0) is 23.0. The number of esters is 2. The Bertz CT molecular complexity index is 408. The monoisotopic (exact) mass is 440 g/mol. The van der Waals surface area contributed by atoms with Gasteiger partial charge in [0.15, 0.2) is 0 Å². The lowest BCUT2D eigenvalue weighted by molar-refractivity contribution is -0.146. The van der Waals surface area contributed by atoms with Crippen LogP contribution in [0.15, 0.2) is 0 Å². The standard InChI is InChI=1S/C27H52O4/c1-4-6-7-8-9-10-11-12-13-14-15-16-19-23-30-26(28)20-17-18-21-27(29)31-24-22-25(3)5-2/h25H,4-24H2,1-3H3. The lowest BCUT2D eigenvalue weighted by Gasteiger charge is -2.09. The van der Waals surface area contributed by atoms with E-state index in [1.165, 1.54) is 70.6 Å². The van der Waals surface area contributed by atoms with Crippen molar-refractivity contribution in [2.45, 2.75) is 143 Å². The molecule has 0 spiro atoms. The van der Waals surface area contributed by atoms with Crippen molar-refractivity contribution in [1.82, 2.24) is 0 Å². The van der Waals surface area contributed by atoms with Gasteiger partial charge in [-0.25, -0.2) is 0 Å². The lowest BCUT2D eigenvalue weighted by Crippen LogP contribution is -2.09. The molecule has 0 bridgehead atoms. The van der Waals surface area contributed by atoms with Crippen LogP contribution in [-0.4, -0.2) is 25.2 Å². The molecule has 1 atom stereocenters. The quantitative estimate of drug-likeness (QED) is 0.119. The van der Waals surface area contributed by atoms with E-state index in [1.807, 2.05) is 0 Å². The van der Waals surface area contributed by atoms with Crippen LogP contribution >= 0.6 is 0 Å². The number of unbranched alkanes of at least 4 members (excludes halogenated alkanes) is 13. The van der Waals surface area contributed by atoms with Gasteiger partial charge in [-0.2, -0.15) is 0 Å². The Morgan fingerprint density at radius 2 is 1.00 bits per heavy atom. The second-order valence-electron chi connectivity index (χ2n) is 9.19. The summed E-state index contributed by atoms with van der Waals surface area (Å²) in [6, 6.07) is 0. The van der Waals surface area contributed by atoms with Gasteiger partial charge in [-0.3, -0.25) is 9.59 Å². The van der Waals surface area contributed by atoms with E-state index in [2.05, 4.69) is 20.8 Å². The van der Waals surface area contributed by atoms with Crippen LogP contribution < -0.4 is 0 Å². The van der Waals surface area contributed by atoms with Crippen molar-refractivity contribution in [2.24, 2.45) is 5.92 Å². The average Bonchev–Trinajstić information content (AvgIpc) is 2.76. The van der Waals surface area contributed by atoms with Gasteiger partial charge in [0.2, 0.25) is 0 Å². The third-order valence-electron chi connectivity index (χ3n) is 6.09. The molecule has 31 heavy (non-hydrogen) atoms. The Hall–Kier alpha value is -1.06.